The van der Waals surface area contributed by atoms with E-state index in [4.69, 9.17) is 4.43 Å². The number of hydrogen-bond acceptors (Lipinski definition) is 1. The van der Waals surface area contributed by atoms with Crippen LogP contribution in [-0.2, 0) is 4.43 Å². The van der Waals surface area contributed by atoms with Gasteiger partial charge in [0.05, 0.1) is 0 Å². The summed E-state index contributed by atoms with van der Waals surface area (Å²) < 4.78 is 6.22. The summed E-state index contributed by atoms with van der Waals surface area (Å²) in [5.41, 5.74) is 0. The Labute approximate surface area is 122 Å². The molecule has 0 N–H and O–H groups in total. The van der Waals surface area contributed by atoms with Crippen molar-refractivity contribution in [3.63, 3.8) is 0 Å². The van der Waals surface area contributed by atoms with E-state index in [1.165, 1.54) is 57.8 Å². The third-order valence-corrected chi connectivity index (χ3v) is 9.79. The van der Waals surface area contributed by atoms with E-state index in [1.54, 1.807) is 0 Å². The Morgan fingerprint density at radius 2 is 1.58 bits per heavy atom. The monoisotopic (exact) mass is 284 g/mol. The molecule has 114 valence electrons. The SMILES string of the molecule is CC(C)(C)[Si](C)(C)OCCCCCC1CCCCC1. The summed E-state index contributed by atoms with van der Waals surface area (Å²) in [5, 5.41) is 0.356. The van der Waals surface area contributed by atoms with Gasteiger partial charge in [0, 0.05) is 6.61 Å². The molecular formula is C17H36OSi. The molecule has 0 aromatic carbocycles. The Morgan fingerprint density at radius 1 is 0.947 bits per heavy atom. The van der Waals surface area contributed by atoms with E-state index in [2.05, 4.69) is 33.9 Å². The van der Waals surface area contributed by atoms with Gasteiger partial charge in [0.25, 0.3) is 0 Å². The summed E-state index contributed by atoms with van der Waals surface area (Å²) in [6.07, 6.45) is 13.0. The largest absolute Gasteiger partial charge is 0.417 e. The molecule has 0 aliphatic heterocycles. The van der Waals surface area contributed by atoms with Crippen molar-refractivity contribution in [2.24, 2.45) is 5.92 Å². The van der Waals surface area contributed by atoms with Crippen molar-refractivity contribution in [1.82, 2.24) is 0 Å². The molecule has 0 aromatic rings. The van der Waals surface area contributed by atoms with Crippen molar-refractivity contribution >= 4 is 8.32 Å². The average molecular weight is 285 g/mol. The van der Waals surface area contributed by atoms with Crippen LogP contribution in [0, 0.1) is 5.92 Å². The minimum absolute atomic E-state index is 0.356. The van der Waals surface area contributed by atoms with Crippen LogP contribution in [0.5, 0.6) is 0 Å². The first-order chi connectivity index (χ1) is 8.83. The van der Waals surface area contributed by atoms with Gasteiger partial charge >= 0.3 is 0 Å². The Morgan fingerprint density at radius 3 is 2.16 bits per heavy atom. The molecule has 1 nitrogen and oxygen atoms in total. The molecule has 0 unspecified atom stereocenters. The Bertz CT molecular complexity index is 236. The normalized spacial score (nSPS) is 18.8. The third-order valence-electron chi connectivity index (χ3n) is 5.25. The van der Waals surface area contributed by atoms with Crippen LogP contribution in [0.4, 0.5) is 0 Å². The van der Waals surface area contributed by atoms with Gasteiger partial charge in [-0.15, -0.1) is 0 Å². The highest BCUT2D eigenvalue weighted by Gasteiger charge is 2.36. The van der Waals surface area contributed by atoms with Gasteiger partial charge in [-0.2, -0.15) is 0 Å². The van der Waals surface area contributed by atoms with Crippen LogP contribution >= 0.6 is 0 Å². The fourth-order valence-electron chi connectivity index (χ4n) is 2.73. The zero-order chi connectivity index (χ0) is 14.4. The molecule has 0 amide bonds. The molecule has 0 radical (unpaired) electrons. The van der Waals surface area contributed by atoms with Crippen LogP contribution in [0.1, 0.15) is 78.6 Å². The van der Waals surface area contributed by atoms with E-state index >= 15 is 0 Å². The summed E-state index contributed by atoms with van der Waals surface area (Å²) in [7, 11) is -1.50. The lowest BCUT2D eigenvalue weighted by molar-refractivity contribution is 0.271. The van der Waals surface area contributed by atoms with Crippen molar-refractivity contribution in [2.45, 2.75) is 96.7 Å². The van der Waals surface area contributed by atoms with E-state index < -0.39 is 8.32 Å². The lowest BCUT2D eigenvalue weighted by atomic mass is 9.86. The number of unbranched alkanes of at least 4 members (excludes halogenated alkanes) is 2. The molecule has 19 heavy (non-hydrogen) atoms. The maximum Gasteiger partial charge on any atom is 0.191 e. The van der Waals surface area contributed by atoms with Crippen molar-refractivity contribution in [3.8, 4) is 0 Å². The summed E-state index contributed by atoms with van der Waals surface area (Å²) in [6.45, 7) is 12.7. The third kappa shape index (κ3) is 6.44. The second-order valence-corrected chi connectivity index (χ2v) is 12.8. The minimum Gasteiger partial charge on any atom is -0.417 e. The molecule has 1 rings (SSSR count). The predicted molar refractivity (Wildman–Crippen MR) is 88.2 cm³/mol. The molecule has 0 bridgehead atoms. The smallest absolute Gasteiger partial charge is 0.191 e. The lowest BCUT2D eigenvalue weighted by Gasteiger charge is -2.36. The molecule has 1 saturated carbocycles. The highest BCUT2D eigenvalue weighted by Crippen LogP contribution is 2.36. The highest BCUT2D eigenvalue weighted by molar-refractivity contribution is 6.74. The quantitative estimate of drug-likeness (QED) is 0.402. The fraction of sp³-hybridized carbons (Fsp3) is 1.00. The molecule has 0 atom stereocenters. The number of hydrogen-bond donors (Lipinski definition) is 0. The number of rotatable bonds is 7. The molecule has 1 fully saturated rings. The standard InChI is InChI=1S/C17H36OSi/c1-17(2,3)19(4,5)18-15-11-7-10-14-16-12-8-6-9-13-16/h16H,6-15H2,1-5H3. The van der Waals surface area contributed by atoms with Crippen molar-refractivity contribution in [2.75, 3.05) is 6.61 Å². The van der Waals surface area contributed by atoms with Crippen LogP contribution in [0.3, 0.4) is 0 Å². The fourth-order valence-corrected chi connectivity index (χ4v) is 3.82. The first kappa shape index (κ1) is 17.2. The summed E-state index contributed by atoms with van der Waals surface area (Å²) in [5.74, 6) is 1.05. The maximum atomic E-state index is 6.22. The van der Waals surface area contributed by atoms with E-state index in [1.807, 2.05) is 0 Å². The van der Waals surface area contributed by atoms with Crippen molar-refractivity contribution in [1.29, 1.82) is 0 Å². The van der Waals surface area contributed by atoms with Gasteiger partial charge < -0.3 is 4.43 Å². The Kier molecular flexibility index (Phi) is 7.10. The zero-order valence-corrected chi connectivity index (χ0v) is 15.1. The van der Waals surface area contributed by atoms with Crippen LogP contribution in [0.2, 0.25) is 18.1 Å². The summed E-state index contributed by atoms with van der Waals surface area (Å²) in [6, 6.07) is 0. The lowest BCUT2D eigenvalue weighted by Crippen LogP contribution is -2.40. The van der Waals surface area contributed by atoms with Crippen molar-refractivity contribution < 1.29 is 4.43 Å². The second kappa shape index (κ2) is 7.83. The predicted octanol–water partition coefficient (Wildman–Crippen LogP) is 6.15. The van der Waals surface area contributed by atoms with E-state index in [0.29, 0.717) is 5.04 Å². The van der Waals surface area contributed by atoms with Gasteiger partial charge in [-0.1, -0.05) is 72.1 Å². The van der Waals surface area contributed by atoms with E-state index in [-0.39, 0.29) is 0 Å². The summed E-state index contributed by atoms with van der Waals surface area (Å²) >= 11 is 0. The van der Waals surface area contributed by atoms with Crippen LogP contribution < -0.4 is 0 Å². The zero-order valence-electron chi connectivity index (χ0n) is 14.1. The van der Waals surface area contributed by atoms with Gasteiger partial charge in [-0.25, -0.2) is 0 Å². The Hall–Kier alpha value is 0.177. The molecule has 1 aliphatic rings. The molecule has 0 saturated heterocycles. The molecule has 0 heterocycles. The summed E-state index contributed by atoms with van der Waals surface area (Å²) in [4.78, 5) is 0. The topological polar surface area (TPSA) is 9.23 Å². The van der Waals surface area contributed by atoms with Gasteiger partial charge in [-0.05, 0) is 30.5 Å². The van der Waals surface area contributed by atoms with Crippen LogP contribution in [0.15, 0.2) is 0 Å². The molecular weight excluding hydrogens is 248 g/mol. The first-order valence-corrected chi connectivity index (χ1v) is 11.4. The Balaban J connectivity index is 2.02. The van der Waals surface area contributed by atoms with Gasteiger partial charge in [0.1, 0.15) is 0 Å². The molecule has 1 aliphatic carbocycles. The minimum atomic E-state index is -1.50. The highest BCUT2D eigenvalue weighted by atomic mass is 28.4. The van der Waals surface area contributed by atoms with Crippen molar-refractivity contribution in [3.05, 3.63) is 0 Å². The van der Waals surface area contributed by atoms with E-state index in [0.717, 1.165) is 12.5 Å². The van der Waals surface area contributed by atoms with Gasteiger partial charge in [-0.3, -0.25) is 0 Å². The molecule has 0 aromatic heterocycles. The molecule has 0 spiro atoms. The van der Waals surface area contributed by atoms with Crippen LogP contribution in [-0.4, -0.2) is 14.9 Å². The first-order valence-electron chi connectivity index (χ1n) is 8.47. The maximum absolute atomic E-state index is 6.22. The molecule has 2 heteroatoms. The van der Waals surface area contributed by atoms with Gasteiger partial charge in [0.2, 0.25) is 0 Å². The second-order valence-electron chi connectivity index (χ2n) is 7.96. The average Bonchev–Trinajstić information content (AvgIpc) is 2.33. The van der Waals surface area contributed by atoms with Gasteiger partial charge in [0.15, 0.2) is 8.32 Å². The van der Waals surface area contributed by atoms with Crippen LogP contribution in [0.25, 0.3) is 0 Å². The van der Waals surface area contributed by atoms with E-state index in [9.17, 15) is 0 Å².